The number of carbonyl (C=O) groups is 4. The monoisotopic (exact) mass is 511 g/mol. The number of methoxy groups -OCH3 is 1. The van der Waals surface area contributed by atoms with Crippen LogP contribution in [-0.2, 0) is 19.1 Å². The number of thioether (sulfide) groups is 1. The van der Waals surface area contributed by atoms with E-state index in [0.29, 0.717) is 49.1 Å². The number of benzene rings is 2. The van der Waals surface area contributed by atoms with Gasteiger partial charge in [-0.3, -0.25) is 24.1 Å². The molecule has 1 N–H and O–H groups in total. The van der Waals surface area contributed by atoms with E-state index in [2.05, 4.69) is 5.32 Å². The van der Waals surface area contributed by atoms with Gasteiger partial charge in [0.05, 0.1) is 25.2 Å². The summed E-state index contributed by atoms with van der Waals surface area (Å²) >= 11 is 0.759. The van der Waals surface area contributed by atoms with Crippen molar-refractivity contribution in [3.05, 3.63) is 59.0 Å². The van der Waals surface area contributed by atoms with E-state index in [1.165, 1.54) is 7.11 Å². The maximum Gasteiger partial charge on any atom is 0.294 e. The van der Waals surface area contributed by atoms with Gasteiger partial charge in [0, 0.05) is 18.8 Å². The minimum Gasteiger partial charge on any atom is -0.493 e. The molecular formula is C25H25N3O7S. The van der Waals surface area contributed by atoms with Crippen molar-refractivity contribution in [2.24, 2.45) is 0 Å². The number of nitrogens with zero attached hydrogens (tertiary/aromatic N) is 2. The maximum atomic E-state index is 12.8. The van der Waals surface area contributed by atoms with Gasteiger partial charge < -0.3 is 24.4 Å². The molecule has 11 heteroatoms. The third-order valence-electron chi connectivity index (χ3n) is 5.43. The van der Waals surface area contributed by atoms with Crippen LogP contribution in [0.3, 0.4) is 0 Å². The molecule has 0 atom stereocenters. The highest BCUT2D eigenvalue weighted by atomic mass is 32.2. The van der Waals surface area contributed by atoms with Crippen LogP contribution in [0.4, 0.5) is 10.5 Å². The van der Waals surface area contributed by atoms with Gasteiger partial charge in [-0.2, -0.15) is 0 Å². The maximum absolute atomic E-state index is 12.8. The van der Waals surface area contributed by atoms with Crippen molar-refractivity contribution in [2.75, 3.05) is 51.9 Å². The molecule has 10 nitrogen and oxygen atoms in total. The molecule has 2 heterocycles. The number of rotatable bonds is 8. The van der Waals surface area contributed by atoms with E-state index in [1.54, 1.807) is 53.4 Å². The highest BCUT2D eigenvalue weighted by Gasteiger charge is 2.36. The van der Waals surface area contributed by atoms with Gasteiger partial charge in [0.25, 0.3) is 17.1 Å². The summed E-state index contributed by atoms with van der Waals surface area (Å²) in [5.41, 5.74) is 1.17. The van der Waals surface area contributed by atoms with Crippen LogP contribution in [0.5, 0.6) is 11.5 Å². The zero-order valence-electron chi connectivity index (χ0n) is 19.6. The average molecular weight is 512 g/mol. The number of hydrogen-bond donors (Lipinski definition) is 1. The molecule has 4 rings (SSSR count). The molecule has 0 spiro atoms. The Morgan fingerprint density at radius 3 is 2.56 bits per heavy atom. The largest absolute Gasteiger partial charge is 0.493 e. The number of anilines is 1. The fourth-order valence-electron chi connectivity index (χ4n) is 3.59. The summed E-state index contributed by atoms with van der Waals surface area (Å²) in [7, 11) is 1.47. The van der Waals surface area contributed by atoms with Gasteiger partial charge in [0.1, 0.15) is 6.54 Å². The molecule has 2 fully saturated rings. The van der Waals surface area contributed by atoms with Gasteiger partial charge in [-0.1, -0.05) is 24.3 Å². The van der Waals surface area contributed by atoms with Crippen molar-refractivity contribution in [1.29, 1.82) is 0 Å². The Kier molecular flexibility index (Phi) is 8.24. The first-order valence-corrected chi connectivity index (χ1v) is 12.0. The number of hydrogen-bond acceptors (Lipinski definition) is 8. The molecule has 2 aliphatic rings. The van der Waals surface area contributed by atoms with Crippen molar-refractivity contribution in [3.63, 3.8) is 0 Å². The molecule has 0 aromatic heterocycles. The fourth-order valence-corrected chi connectivity index (χ4v) is 4.43. The van der Waals surface area contributed by atoms with Crippen LogP contribution in [0.25, 0.3) is 6.08 Å². The van der Waals surface area contributed by atoms with E-state index in [1.807, 2.05) is 6.07 Å². The molecular weight excluding hydrogens is 486 g/mol. The lowest BCUT2D eigenvalue weighted by Gasteiger charge is -2.26. The standard InChI is InChI=1S/C25H25N3O7S/c1-33-20-13-17(7-8-19(20)35-16-23(30)27-9-11-34-12-10-27)14-21-24(31)28(25(32)36-21)15-22(29)26-18-5-3-2-4-6-18/h2-8,13-14H,9-12,15-16H2,1H3,(H,26,29)/b21-14-. The highest BCUT2D eigenvalue weighted by molar-refractivity contribution is 8.18. The first-order chi connectivity index (χ1) is 17.4. The van der Waals surface area contributed by atoms with Crippen LogP contribution in [-0.4, -0.2) is 79.3 Å². The molecule has 0 aliphatic carbocycles. The SMILES string of the molecule is COc1cc(/C=C2\SC(=O)N(CC(=O)Nc3ccccc3)C2=O)ccc1OCC(=O)N1CCOCC1. The Balaban J connectivity index is 1.39. The summed E-state index contributed by atoms with van der Waals surface area (Å²) in [6.07, 6.45) is 1.55. The molecule has 0 radical (unpaired) electrons. The molecule has 188 valence electrons. The normalized spacial score (nSPS) is 16.9. The summed E-state index contributed by atoms with van der Waals surface area (Å²) in [5, 5.41) is 2.13. The molecule has 0 unspecified atom stereocenters. The zero-order valence-corrected chi connectivity index (χ0v) is 20.4. The lowest BCUT2D eigenvalue weighted by molar-refractivity contribution is -0.137. The minimum absolute atomic E-state index is 0.139. The van der Waals surface area contributed by atoms with Crippen LogP contribution < -0.4 is 14.8 Å². The van der Waals surface area contributed by atoms with Crippen LogP contribution in [0.2, 0.25) is 0 Å². The van der Waals surface area contributed by atoms with Crippen LogP contribution >= 0.6 is 11.8 Å². The average Bonchev–Trinajstić information content (AvgIpc) is 3.15. The molecule has 4 amide bonds. The first-order valence-electron chi connectivity index (χ1n) is 11.2. The van der Waals surface area contributed by atoms with E-state index in [4.69, 9.17) is 14.2 Å². The number of carbonyl (C=O) groups excluding carboxylic acids is 4. The van der Waals surface area contributed by atoms with Gasteiger partial charge in [-0.25, -0.2) is 0 Å². The van der Waals surface area contributed by atoms with E-state index in [9.17, 15) is 19.2 Å². The summed E-state index contributed by atoms with van der Waals surface area (Å²) < 4.78 is 16.3. The summed E-state index contributed by atoms with van der Waals surface area (Å²) in [6.45, 7) is 1.55. The van der Waals surface area contributed by atoms with E-state index >= 15 is 0 Å². The molecule has 2 aliphatic heterocycles. The van der Waals surface area contributed by atoms with Crippen LogP contribution in [0.15, 0.2) is 53.4 Å². The van der Waals surface area contributed by atoms with Gasteiger partial charge in [-0.15, -0.1) is 0 Å². The third kappa shape index (κ3) is 6.23. The van der Waals surface area contributed by atoms with Crippen LogP contribution in [0.1, 0.15) is 5.56 Å². The minimum atomic E-state index is -0.552. The summed E-state index contributed by atoms with van der Waals surface area (Å²) in [5.74, 6) is -0.417. The zero-order chi connectivity index (χ0) is 25.5. The fraction of sp³-hybridized carbons (Fsp3) is 0.280. The van der Waals surface area contributed by atoms with Gasteiger partial charge in [0.2, 0.25) is 5.91 Å². The predicted molar refractivity (Wildman–Crippen MR) is 134 cm³/mol. The number of para-hydroxylation sites is 1. The number of amides is 4. The number of nitrogens with one attached hydrogen (secondary N) is 1. The highest BCUT2D eigenvalue weighted by Crippen LogP contribution is 2.34. The lowest BCUT2D eigenvalue weighted by Crippen LogP contribution is -2.43. The van der Waals surface area contributed by atoms with Gasteiger partial charge in [0.15, 0.2) is 18.1 Å². The first kappa shape index (κ1) is 25.3. The van der Waals surface area contributed by atoms with E-state index in [-0.39, 0.29) is 24.0 Å². The van der Waals surface area contributed by atoms with Crippen LogP contribution in [0, 0.1) is 0 Å². The smallest absolute Gasteiger partial charge is 0.294 e. The second-order valence-corrected chi connectivity index (χ2v) is 8.87. The lowest BCUT2D eigenvalue weighted by atomic mass is 10.2. The van der Waals surface area contributed by atoms with Crippen molar-refractivity contribution in [1.82, 2.24) is 9.80 Å². The third-order valence-corrected chi connectivity index (χ3v) is 6.34. The molecule has 0 bridgehead atoms. The van der Waals surface area contributed by atoms with E-state index < -0.39 is 17.1 Å². The Morgan fingerprint density at radius 1 is 1.08 bits per heavy atom. The quantitative estimate of drug-likeness (QED) is 0.538. The Hall–Kier alpha value is -3.83. The molecule has 2 aromatic carbocycles. The van der Waals surface area contributed by atoms with E-state index in [0.717, 1.165) is 16.7 Å². The Labute approximate surface area is 212 Å². The molecule has 2 saturated heterocycles. The van der Waals surface area contributed by atoms with Crippen molar-refractivity contribution in [3.8, 4) is 11.5 Å². The Morgan fingerprint density at radius 2 is 1.83 bits per heavy atom. The predicted octanol–water partition coefficient (Wildman–Crippen LogP) is 2.61. The van der Waals surface area contributed by atoms with Crippen molar-refractivity contribution < 1.29 is 33.4 Å². The number of morpholine rings is 1. The molecule has 0 saturated carbocycles. The molecule has 36 heavy (non-hydrogen) atoms. The second kappa shape index (κ2) is 11.7. The Bertz CT molecular complexity index is 1180. The molecule has 2 aromatic rings. The number of imide groups is 1. The second-order valence-electron chi connectivity index (χ2n) is 7.87. The van der Waals surface area contributed by atoms with Gasteiger partial charge in [-0.05, 0) is 47.7 Å². The van der Waals surface area contributed by atoms with Crippen molar-refractivity contribution in [2.45, 2.75) is 0 Å². The summed E-state index contributed by atoms with van der Waals surface area (Å²) in [4.78, 5) is 52.6. The topological polar surface area (TPSA) is 114 Å². The number of ether oxygens (including phenoxy) is 3. The summed E-state index contributed by atoms with van der Waals surface area (Å²) in [6, 6.07) is 13.7. The van der Waals surface area contributed by atoms with Crippen molar-refractivity contribution >= 4 is 46.5 Å². The van der Waals surface area contributed by atoms with Gasteiger partial charge >= 0.3 is 0 Å².